The van der Waals surface area contributed by atoms with Crippen molar-refractivity contribution in [2.24, 2.45) is 0 Å². The summed E-state index contributed by atoms with van der Waals surface area (Å²) >= 11 is 0. The molecule has 122 valence electrons. The number of aryl methyl sites for hydroxylation is 1. The van der Waals surface area contributed by atoms with Crippen LogP contribution in [0, 0.1) is 6.92 Å². The number of nitrogens with zero attached hydrogens (tertiary/aromatic N) is 5. The van der Waals surface area contributed by atoms with E-state index in [2.05, 4.69) is 15.5 Å². The van der Waals surface area contributed by atoms with Gasteiger partial charge in [-0.1, -0.05) is 40.7 Å². The van der Waals surface area contributed by atoms with Gasteiger partial charge in [0.15, 0.2) is 0 Å². The van der Waals surface area contributed by atoms with Crippen molar-refractivity contribution >= 4 is 5.91 Å². The third-order valence-corrected chi connectivity index (χ3v) is 4.18. The Balaban J connectivity index is 1.36. The molecule has 1 amide bonds. The number of benzene rings is 1. The first-order chi connectivity index (χ1) is 11.7. The largest absolute Gasteiger partial charge is 0.361 e. The summed E-state index contributed by atoms with van der Waals surface area (Å²) in [5.74, 6) is 0.776. The lowest BCUT2D eigenvalue weighted by Crippen LogP contribution is -2.51. The van der Waals surface area contributed by atoms with Crippen LogP contribution in [0.3, 0.4) is 0 Å². The molecule has 0 unspecified atom stereocenters. The predicted molar refractivity (Wildman–Crippen MR) is 86.0 cm³/mol. The van der Waals surface area contributed by atoms with E-state index in [1.165, 1.54) is 0 Å². The van der Waals surface area contributed by atoms with Crippen LogP contribution in [0.25, 0.3) is 11.3 Å². The van der Waals surface area contributed by atoms with Crippen LogP contribution >= 0.6 is 0 Å². The summed E-state index contributed by atoms with van der Waals surface area (Å²) in [5, 5.41) is 12.3. The Morgan fingerprint density at radius 1 is 1.29 bits per heavy atom. The lowest BCUT2D eigenvalue weighted by Gasteiger charge is -2.38. The van der Waals surface area contributed by atoms with E-state index >= 15 is 0 Å². The van der Waals surface area contributed by atoms with E-state index in [1.54, 1.807) is 11.0 Å². The molecule has 2 aromatic heterocycles. The Bertz CT molecular complexity index is 849. The molecule has 1 fully saturated rings. The first-order valence-electron chi connectivity index (χ1n) is 7.86. The van der Waals surface area contributed by atoms with Gasteiger partial charge in [0.1, 0.15) is 11.5 Å². The molecule has 7 heteroatoms. The third kappa shape index (κ3) is 2.80. The Labute approximate surface area is 138 Å². The highest BCUT2D eigenvalue weighted by Gasteiger charge is 2.33. The van der Waals surface area contributed by atoms with Crippen LogP contribution in [-0.4, -0.2) is 44.0 Å². The Morgan fingerprint density at radius 2 is 2.08 bits per heavy atom. The summed E-state index contributed by atoms with van der Waals surface area (Å²) in [6.45, 7) is 3.11. The molecule has 0 N–H and O–H groups in total. The number of rotatable bonds is 4. The van der Waals surface area contributed by atoms with E-state index in [0.717, 1.165) is 17.0 Å². The maximum absolute atomic E-state index is 12.2. The number of likely N-dealkylation sites (tertiary alicyclic amines) is 1. The molecule has 4 rings (SSSR count). The second-order valence-corrected chi connectivity index (χ2v) is 6.01. The smallest absolute Gasteiger partial charge is 0.228 e. The molecule has 0 spiro atoms. The van der Waals surface area contributed by atoms with Crippen LogP contribution < -0.4 is 0 Å². The lowest BCUT2D eigenvalue weighted by molar-refractivity contribution is -0.136. The molecule has 0 atom stereocenters. The minimum Gasteiger partial charge on any atom is -0.361 e. The van der Waals surface area contributed by atoms with Crippen molar-refractivity contribution in [1.82, 2.24) is 25.1 Å². The third-order valence-electron chi connectivity index (χ3n) is 4.18. The fraction of sp³-hybridized carbons (Fsp3) is 0.294. The molecule has 3 heterocycles. The minimum absolute atomic E-state index is 0.0583. The minimum atomic E-state index is 0.0583. The molecule has 0 bridgehead atoms. The summed E-state index contributed by atoms with van der Waals surface area (Å²) < 4.78 is 6.83. The maximum Gasteiger partial charge on any atom is 0.228 e. The fourth-order valence-electron chi connectivity index (χ4n) is 2.79. The highest BCUT2D eigenvalue weighted by atomic mass is 16.5. The number of aromatic nitrogens is 4. The standard InChI is InChI=1S/C17H17N5O2/c1-12-7-14(19-24-12)8-17(23)21-9-15(10-21)22-11-16(18-20-22)13-5-3-2-4-6-13/h2-7,11,15H,8-10H2,1H3. The summed E-state index contributed by atoms with van der Waals surface area (Å²) in [5.41, 5.74) is 2.56. The van der Waals surface area contributed by atoms with Crippen molar-refractivity contribution in [2.75, 3.05) is 13.1 Å². The van der Waals surface area contributed by atoms with Gasteiger partial charge in [0.05, 0.1) is 24.4 Å². The zero-order chi connectivity index (χ0) is 16.5. The van der Waals surface area contributed by atoms with E-state index in [9.17, 15) is 4.79 Å². The Kier molecular flexibility index (Phi) is 3.60. The van der Waals surface area contributed by atoms with Crippen molar-refractivity contribution in [3.8, 4) is 11.3 Å². The monoisotopic (exact) mass is 323 g/mol. The molecule has 3 aromatic rings. The van der Waals surface area contributed by atoms with Crippen molar-refractivity contribution < 1.29 is 9.32 Å². The van der Waals surface area contributed by atoms with Gasteiger partial charge in [-0.3, -0.25) is 4.79 Å². The topological polar surface area (TPSA) is 77.1 Å². The van der Waals surface area contributed by atoms with Crippen LogP contribution in [0.5, 0.6) is 0 Å². The summed E-state index contributed by atoms with van der Waals surface area (Å²) in [7, 11) is 0. The van der Waals surface area contributed by atoms with Gasteiger partial charge in [-0.2, -0.15) is 0 Å². The molecule has 0 radical (unpaired) electrons. The summed E-state index contributed by atoms with van der Waals surface area (Å²) in [4.78, 5) is 14.0. The highest BCUT2D eigenvalue weighted by molar-refractivity contribution is 5.79. The highest BCUT2D eigenvalue weighted by Crippen LogP contribution is 2.23. The van der Waals surface area contributed by atoms with Crippen molar-refractivity contribution in [2.45, 2.75) is 19.4 Å². The molecular formula is C17H17N5O2. The average Bonchev–Trinajstić information content (AvgIpc) is 3.16. The van der Waals surface area contributed by atoms with Crippen LogP contribution in [0.15, 0.2) is 47.1 Å². The van der Waals surface area contributed by atoms with E-state index in [1.807, 2.05) is 48.1 Å². The number of carbonyl (C=O) groups excluding carboxylic acids is 1. The van der Waals surface area contributed by atoms with Gasteiger partial charge in [0, 0.05) is 24.7 Å². The molecule has 0 aliphatic carbocycles. The molecular weight excluding hydrogens is 306 g/mol. The van der Waals surface area contributed by atoms with Gasteiger partial charge in [-0.15, -0.1) is 5.10 Å². The number of hydrogen-bond donors (Lipinski definition) is 0. The number of carbonyl (C=O) groups is 1. The Hall–Kier alpha value is -2.96. The van der Waals surface area contributed by atoms with E-state index in [-0.39, 0.29) is 18.4 Å². The number of hydrogen-bond acceptors (Lipinski definition) is 5. The van der Waals surface area contributed by atoms with E-state index in [0.29, 0.717) is 18.8 Å². The van der Waals surface area contributed by atoms with Gasteiger partial charge in [-0.05, 0) is 6.92 Å². The van der Waals surface area contributed by atoms with Gasteiger partial charge < -0.3 is 9.42 Å². The van der Waals surface area contributed by atoms with Gasteiger partial charge in [0.25, 0.3) is 0 Å². The second-order valence-electron chi connectivity index (χ2n) is 6.01. The van der Waals surface area contributed by atoms with Gasteiger partial charge in [0.2, 0.25) is 5.91 Å². The van der Waals surface area contributed by atoms with Crippen molar-refractivity contribution in [1.29, 1.82) is 0 Å². The average molecular weight is 323 g/mol. The predicted octanol–water partition coefficient (Wildman–Crippen LogP) is 1.87. The molecule has 7 nitrogen and oxygen atoms in total. The molecule has 0 saturated carbocycles. The van der Waals surface area contributed by atoms with Crippen LogP contribution in [-0.2, 0) is 11.2 Å². The quantitative estimate of drug-likeness (QED) is 0.732. The van der Waals surface area contributed by atoms with Crippen molar-refractivity contribution in [3.63, 3.8) is 0 Å². The number of amides is 1. The van der Waals surface area contributed by atoms with E-state index in [4.69, 9.17) is 4.52 Å². The van der Waals surface area contributed by atoms with Gasteiger partial charge in [-0.25, -0.2) is 4.68 Å². The lowest BCUT2D eigenvalue weighted by atomic mass is 10.1. The zero-order valence-electron chi connectivity index (χ0n) is 13.3. The normalized spacial score (nSPS) is 14.6. The molecule has 1 saturated heterocycles. The Morgan fingerprint density at radius 3 is 2.79 bits per heavy atom. The van der Waals surface area contributed by atoms with E-state index < -0.39 is 0 Å². The first kappa shape index (κ1) is 14.6. The second kappa shape index (κ2) is 5.92. The molecule has 1 aromatic carbocycles. The van der Waals surface area contributed by atoms with Crippen molar-refractivity contribution in [3.05, 3.63) is 54.0 Å². The molecule has 1 aliphatic rings. The summed E-state index contributed by atoms with van der Waals surface area (Å²) in [6.07, 6.45) is 2.21. The van der Waals surface area contributed by atoms with Gasteiger partial charge >= 0.3 is 0 Å². The van der Waals surface area contributed by atoms with Crippen LogP contribution in [0.1, 0.15) is 17.5 Å². The first-order valence-corrected chi connectivity index (χ1v) is 7.86. The SMILES string of the molecule is Cc1cc(CC(=O)N2CC(n3cc(-c4ccccc4)nn3)C2)no1. The molecule has 24 heavy (non-hydrogen) atoms. The molecule has 1 aliphatic heterocycles. The summed E-state index contributed by atoms with van der Waals surface area (Å²) in [6, 6.07) is 11.9. The fourth-order valence-corrected chi connectivity index (χ4v) is 2.79. The zero-order valence-corrected chi connectivity index (χ0v) is 13.3. The van der Waals surface area contributed by atoms with Crippen LogP contribution in [0.2, 0.25) is 0 Å². The maximum atomic E-state index is 12.2. The van der Waals surface area contributed by atoms with Crippen LogP contribution in [0.4, 0.5) is 0 Å².